The molecule has 166 valence electrons. The normalized spacial score (nSPS) is 14.2. The zero-order chi connectivity index (χ0) is 22.7. The Morgan fingerprint density at radius 3 is 2.75 bits per heavy atom. The van der Waals surface area contributed by atoms with Crippen LogP contribution in [-0.4, -0.2) is 48.0 Å². The number of anilines is 1. The number of rotatable bonds is 5. The molecule has 0 bridgehead atoms. The summed E-state index contributed by atoms with van der Waals surface area (Å²) in [4.78, 5) is 27.6. The number of carbonyl (C=O) groups is 1. The Morgan fingerprint density at radius 1 is 1.28 bits per heavy atom. The summed E-state index contributed by atoms with van der Waals surface area (Å²) in [5.74, 6) is -1.19. The van der Waals surface area contributed by atoms with E-state index in [-0.39, 0.29) is 16.7 Å². The molecule has 4 rings (SSSR count). The Kier molecular flexibility index (Phi) is 6.18. The maximum Gasteiger partial charge on any atom is 0.276 e. The van der Waals surface area contributed by atoms with Crippen LogP contribution in [0.25, 0.3) is 10.9 Å². The summed E-state index contributed by atoms with van der Waals surface area (Å²) in [6.45, 7) is 5.25. The summed E-state index contributed by atoms with van der Waals surface area (Å²) in [6, 6.07) is 9.40. The topological polar surface area (TPSA) is 99.0 Å². The molecular weight excluding hydrogens is 413 g/mol. The van der Waals surface area contributed by atoms with E-state index in [4.69, 9.17) is 0 Å². The largest absolute Gasteiger partial charge is 0.507 e. The first kappa shape index (κ1) is 21.5. The number of benzene rings is 2. The lowest BCUT2D eigenvalue weighted by Crippen LogP contribution is -2.43. The molecule has 0 radical (unpaired) electrons. The molecule has 1 fully saturated rings. The molecule has 1 aromatic heterocycles. The van der Waals surface area contributed by atoms with E-state index in [0.717, 1.165) is 13.1 Å². The van der Waals surface area contributed by atoms with Gasteiger partial charge in [-0.05, 0) is 31.2 Å². The van der Waals surface area contributed by atoms with Gasteiger partial charge in [0.15, 0.2) is 0 Å². The smallest absolute Gasteiger partial charge is 0.276 e. The molecule has 2 aromatic carbocycles. The Bertz CT molecular complexity index is 1250. The minimum Gasteiger partial charge on any atom is -0.507 e. The van der Waals surface area contributed by atoms with Gasteiger partial charge in [-0.2, -0.15) is 5.10 Å². The van der Waals surface area contributed by atoms with Crippen molar-refractivity contribution < 1.29 is 14.3 Å². The fourth-order valence-corrected chi connectivity index (χ4v) is 3.79. The van der Waals surface area contributed by atoms with E-state index in [1.54, 1.807) is 28.8 Å². The molecule has 0 aliphatic carbocycles. The van der Waals surface area contributed by atoms with Crippen molar-refractivity contribution in [2.75, 3.05) is 31.1 Å². The standard InChI is InChI=1S/C23H24FN5O3/c1-2-28-14-17(23(32)27-26-13-15-5-3-4-6-21(15)30)22(31)16-11-18(24)20(12-19(16)28)29-9-7-25-8-10-29/h3-6,11-14,25,30H,2,7-10H2,1H3,(H,27,32)/b26-13+. The summed E-state index contributed by atoms with van der Waals surface area (Å²) in [5.41, 5.74) is 3.04. The van der Waals surface area contributed by atoms with Crippen molar-refractivity contribution in [3.8, 4) is 5.75 Å². The van der Waals surface area contributed by atoms with Gasteiger partial charge in [-0.1, -0.05) is 12.1 Å². The van der Waals surface area contributed by atoms with Gasteiger partial charge < -0.3 is 19.9 Å². The van der Waals surface area contributed by atoms with E-state index < -0.39 is 17.2 Å². The Hall–Kier alpha value is -3.72. The molecule has 32 heavy (non-hydrogen) atoms. The summed E-state index contributed by atoms with van der Waals surface area (Å²) < 4.78 is 16.7. The number of aromatic nitrogens is 1. The van der Waals surface area contributed by atoms with Crippen molar-refractivity contribution in [2.24, 2.45) is 5.10 Å². The molecule has 0 atom stereocenters. The number of halogens is 1. The summed E-state index contributed by atoms with van der Waals surface area (Å²) in [7, 11) is 0. The molecule has 1 saturated heterocycles. The number of hydrogen-bond donors (Lipinski definition) is 3. The fourth-order valence-electron chi connectivity index (χ4n) is 3.79. The van der Waals surface area contributed by atoms with Crippen LogP contribution in [0.5, 0.6) is 5.75 Å². The number of fused-ring (bicyclic) bond motifs is 1. The zero-order valence-corrected chi connectivity index (χ0v) is 17.6. The van der Waals surface area contributed by atoms with Gasteiger partial charge in [0.25, 0.3) is 5.91 Å². The Morgan fingerprint density at radius 2 is 2.03 bits per heavy atom. The minimum atomic E-state index is -0.711. The number of carbonyl (C=O) groups excluding carboxylic acids is 1. The molecule has 9 heteroatoms. The number of nitrogens with one attached hydrogen (secondary N) is 2. The zero-order valence-electron chi connectivity index (χ0n) is 17.6. The number of phenolic OH excluding ortho intramolecular Hbond substituents is 1. The molecule has 3 N–H and O–H groups in total. The number of nitrogens with zero attached hydrogens (tertiary/aromatic N) is 3. The molecule has 1 amide bonds. The number of aromatic hydroxyl groups is 1. The quantitative estimate of drug-likeness (QED) is 0.419. The highest BCUT2D eigenvalue weighted by Crippen LogP contribution is 2.25. The SMILES string of the molecule is CCn1cc(C(=O)N/N=C/c2ccccc2O)c(=O)c2cc(F)c(N3CCNCC3)cc21. The van der Waals surface area contributed by atoms with E-state index in [1.165, 1.54) is 24.5 Å². The lowest BCUT2D eigenvalue weighted by Gasteiger charge is -2.30. The highest BCUT2D eigenvalue weighted by atomic mass is 19.1. The van der Waals surface area contributed by atoms with Gasteiger partial charge in [-0.15, -0.1) is 0 Å². The van der Waals surface area contributed by atoms with Crippen LogP contribution in [0.1, 0.15) is 22.8 Å². The van der Waals surface area contributed by atoms with E-state index in [0.29, 0.717) is 36.4 Å². The molecule has 1 aliphatic rings. The van der Waals surface area contributed by atoms with Crippen molar-refractivity contribution in [1.82, 2.24) is 15.3 Å². The molecule has 0 spiro atoms. The van der Waals surface area contributed by atoms with Gasteiger partial charge in [-0.3, -0.25) is 9.59 Å². The van der Waals surface area contributed by atoms with Crippen LogP contribution in [0.3, 0.4) is 0 Å². The predicted molar refractivity (Wildman–Crippen MR) is 122 cm³/mol. The second-order valence-corrected chi connectivity index (χ2v) is 7.47. The van der Waals surface area contributed by atoms with E-state index >= 15 is 0 Å². The van der Waals surface area contributed by atoms with E-state index in [1.807, 2.05) is 11.8 Å². The van der Waals surface area contributed by atoms with Crippen LogP contribution in [0, 0.1) is 5.82 Å². The summed E-state index contributed by atoms with van der Waals surface area (Å²) in [6.07, 6.45) is 2.75. The molecular formula is C23H24FN5O3. The third-order valence-corrected chi connectivity index (χ3v) is 5.50. The van der Waals surface area contributed by atoms with Crippen LogP contribution in [0.15, 0.2) is 52.5 Å². The van der Waals surface area contributed by atoms with Crippen molar-refractivity contribution in [3.05, 3.63) is 69.8 Å². The van der Waals surface area contributed by atoms with Gasteiger partial charge in [0.1, 0.15) is 17.1 Å². The number of hydrazone groups is 1. The second-order valence-electron chi connectivity index (χ2n) is 7.47. The first-order valence-electron chi connectivity index (χ1n) is 10.4. The lowest BCUT2D eigenvalue weighted by atomic mass is 10.1. The van der Waals surface area contributed by atoms with Crippen molar-refractivity contribution >= 4 is 28.7 Å². The third-order valence-electron chi connectivity index (χ3n) is 5.50. The number of piperazine rings is 1. The molecule has 0 saturated carbocycles. The van der Waals surface area contributed by atoms with E-state index in [2.05, 4.69) is 15.8 Å². The number of pyridine rings is 1. The van der Waals surface area contributed by atoms with Crippen LogP contribution < -0.4 is 21.1 Å². The molecule has 8 nitrogen and oxygen atoms in total. The summed E-state index contributed by atoms with van der Waals surface area (Å²) in [5, 5.41) is 17.0. The summed E-state index contributed by atoms with van der Waals surface area (Å²) >= 11 is 0. The lowest BCUT2D eigenvalue weighted by molar-refractivity contribution is 0.0953. The van der Waals surface area contributed by atoms with Gasteiger partial charge in [-0.25, -0.2) is 9.82 Å². The minimum absolute atomic E-state index is 0.0142. The molecule has 2 heterocycles. The van der Waals surface area contributed by atoms with Crippen LogP contribution in [0.4, 0.5) is 10.1 Å². The third kappa shape index (κ3) is 4.19. The highest BCUT2D eigenvalue weighted by molar-refractivity contribution is 5.98. The van der Waals surface area contributed by atoms with Crippen LogP contribution in [-0.2, 0) is 6.54 Å². The van der Waals surface area contributed by atoms with Gasteiger partial charge in [0.2, 0.25) is 5.43 Å². The maximum absolute atomic E-state index is 14.9. The van der Waals surface area contributed by atoms with Gasteiger partial charge in [0.05, 0.1) is 17.4 Å². The van der Waals surface area contributed by atoms with Gasteiger partial charge in [0, 0.05) is 49.9 Å². The monoisotopic (exact) mass is 437 g/mol. The number of hydrogen-bond acceptors (Lipinski definition) is 6. The first-order chi connectivity index (χ1) is 15.5. The average molecular weight is 437 g/mol. The predicted octanol–water partition coefficient (Wildman–Crippen LogP) is 2.04. The highest BCUT2D eigenvalue weighted by Gasteiger charge is 2.20. The number of amides is 1. The fraction of sp³-hybridized carbons (Fsp3) is 0.261. The Balaban J connectivity index is 1.68. The van der Waals surface area contributed by atoms with Crippen molar-refractivity contribution in [1.29, 1.82) is 0 Å². The molecule has 0 unspecified atom stereocenters. The second kappa shape index (κ2) is 9.19. The average Bonchev–Trinajstić information content (AvgIpc) is 2.81. The molecule has 3 aromatic rings. The van der Waals surface area contributed by atoms with Crippen molar-refractivity contribution in [3.63, 3.8) is 0 Å². The number of aryl methyl sites for hydroxylation is 1. The van der Waals surface area contributed by atoms with Crippen LogP contribution in [0.2, 0.25) is 0 Å². The first-order valence-corrected chi connectivity index (χ1v) is 10.4. The Labute approximate surface area is 184 Å². The maximum atomic E-state index is 14.9. The van der Waals surface area contributed by atoms with Crippen molar-refractivity contribution in [2.45, 2.75) is 13.5 Å². The van der Waals surface area contributed by atoms with E-state index in [9.17, 15) is 19.1 Å². The number of para-hydroxylation sites is 1. The van der Waals surface area contributed by atoms with Gasteiger partial charge >= 0.3 is 0 Å². The molecule has 1 aliphatic heterocycles. The number of phenols is 1. The van der Waals surface area contributed by atoms with Crippen LogP contribution >= 0.6 is 0 Å².